The molecule has 0 aliphatic heterocycles. The van der Waals surface area contributed by atoms with Crippen molar-refractivity contribution in [1.29, 1.82) is 0 Å². The predicted octanol–water partition coefficient (Wildman–Crippen LogP) is 0.923. The van der Waals surface area contributed by atoms with Crippen molar-refractivity contribution in [2.24, 2.45) is 0 Å². The van der Waals surface area contributed by atoms with Crippen LogP contribution in [0.25, 0.3) is 0 Å². The van der Waals surface area contributed by atoms with E-state index in [1.54, 1.807) is 0 Å². The van der Waals surface area contributed by atoms with Crippen LogP contribution >= 0.6 is 11.6 Å². The fourth-order valence-corrected chi connectivity index (χ4v) is 2.67. The number of nitrogens with one attached hydrogen (secondary N) is 1. The fraction of sp³-hybridized carbons (Fsp3) is 0.462. The lowest BCUT2D eigenvalue weighted by atomic mass is 10.3. The standard InChI is InChI=1S/C13H19ClFN3O3S/c1-17(2)7-6-16-13(19)9-18(22(3,20)21)10-4-5-12(15)11(14)8-10/h4-5,8H,6-7,9H2,1-3H3,(H,16,19). The molecule has 1 aromatic carbocycles. The van der Waals surface area contributed by atoms with E-state index in [9.17, 15) is 17.6 Å². The highest BCUT2D eigenvalue weighted by Gasteiger charge is 2.21. The highest BCUT2D eigenvalue weighted by atomic mass is 35.5. The lowest BCUT2D eigenvalue weighted by molar-refractivity contribution is -0.119. The second-order valence-corrected chi connectivity index (χ2v) is 7.34. The first-order valence-electron chi connectivity index (χ1n) is 6.45. The summed E-state index contributed by atoms with van der Waals surface area (Å²) in [7, 11) is 0.0102. The summed E-state index contributed by atoms with van der Waals surface area (Å²) in [4.78, 5) is 13.7. The van der Waals surface area contributed by atoms with Gasteiger partial charge in [-0.05, 0) is 32.3 Å². The molecule has 0 atom stereocenters. The maximum absolute atomic E-state index is 13.2. The van der Waals surface area contributed by atoms with E-state index in [1.165, 1.54) is 12.1 Å². The van der Waals surface area contributed by atoms with Crippen LogP contribution in [-0.2, 0) is 14.8 Å². The van der Waals surface area contributed by atoms with Crippen LogP contribution in [0.2, 0.25) is 5.02 Å². The minimum absolute atomic E-state index is 0.136. The zero-order valence-corrected chi connectivity index (χ0v) is 14.2. The third kappa shape index (κ3) is 5.78. The lowest BCUT2D eigenvalue weighted by Crippen LogP contribution is -2.42. The Morgan fingerprint density at radius 1 is 1.36 bits per heavy atom. The number of hydrogen-bond acceptors (Lipinski definition) is 4. The number of likely N-dealkylation sites (N-methyl/N-ethyl adjacent to an activating group) is 1. The van der Waals surface area contributed by atoms with Gasteiger partial charge >= 0.3 is 0 Å². The van der Waals surface area contributed by atoms with E-state index >= 15 is 0 Å². The van der Waals surface area contributed by atoms with Crippen LogP contribution in [0.3, 0.4) is 0 Å². The second kappa shape index (κ2) is 7.75. The Balaban J connectivity index is 2.86. The summed E-state index contributed by atoms with van der Waals surface area (Å²) in [6.07, 6.45) is 0.970. The van der Waals surface area contributed by atoms with Crippen LogP contribution in [-0.4, -0.2) is 59.2 Å². The minimum atomic E-state index is -3.70. The van der Waals surface area contributed by atoms with E-state index in [0.717, 1.165) is 16.6 Å². The monoisotopic (exact) mass is 351 g/mol. The average molecular weight is 352 g/mol. The zero-order chi connectivity index (χ0) is 16.9. The summed E-state index contributed by atoms with van der Waals surface area (Å²) in [6.45, 7) is 0.634. The minimum Gasteiger partial charge on any atom is -0.353 e. The molecule has 1 N–H and O–H groups in total. The van der Waals surface area contributed by atoms with Gasteiger partial charge in [0.25, 0.3) is 0 Å². The molecule has 0 aliphatic carbocycles. The molecule has 124 valence electrons. The first-order valence-corrected chi connectivity index (χ1v) is 8.68. The van der Waals surface area contributed by atoms with Gasteiger partial charge in [-0.2, -0.15) is 0 Å². The lowest BCUT2D eigenvalue weighted by Gasteiger charge is -2.22. The number of amides is 1. The van der Waals surface area contributed by atoms with Crippen molar-refractivity contribution in [2.75, 3.05) is 44.3 Å². The van der Waals surface area contributed by atoms with Crippen LogP contribution in [0, 0.1) is 5.82 Å². The van der Waals surface area contributed by atoms with Crippen molar-refractivity contribution in [3.05, 3.63) is 29.0 Å². The molecule has 1 amide bonds. The number of halogens is 2. The molecule has 0 heterocycles. The summed E-state index contributed by atoms with van der Waals surface area (Å²) < 4.78 is 37.8. The van der Waals surface area contributed by atoms with Gasteiger partial charge in [0.05, 0.1) is 17.0 Å². The van der Waals surface area contributed by atoms with Gasteiger partial charge in [0, 0.05) is 13.1 Å². The molecule has 6 nitrogen and oxygen atoms in total. The summed E-state index contributed by atoms with van der Waals surface area (Å²) in [5.74, 6) is -1.11. The van der Waals surface area contributed by atoms with Gasteiger partial charge in [-0.1, -0.05) is 11.6 Å². The van der Waals surface area contributed by atoms with E-state index in [0.29, 0.717) is 13.1 Å². The number of sulfonamides is 1. The number of anilines is 1. The normalized spacial score (nSPS) is 11.5. The SMILES string of the molecule is CN(C)CCNC(=O)CN(c1ccc(F)c(Cl)c1)S(C)(=O)=O. The zero-order valence-electron chi connectivity index (χ0n) is 12.6. The van der Waals surface area contributed by atoms with Crippen LogP contribution in [0.4, 0.5) is 10.1 Å². The van der Waals surface area contributed by atoms with Crippen molar-refractivity contribution < 1.29 is 17.6 Å². The van der Waals surface area contributed by atoms with Gasteiger partial charge in [-0.25, -0.2) is 12.8 Å². The smallest absolute Gasteiger partial charge is 0.240 e. The Kier molecular flexibility index (Phi) is 6.58. The van der Waals surface area contributed by atoms with Crippen LogP contribution in [0.15, 0.2) is 18.2 Å². The molecule has 0 unspecified atom stereocenters. The van der Waals surface area contributed by atoms with Crippen molar-refractivity contribution in [3.63, 3.8) is 0 Å². The molecule has 22 heavy (non-hydrogen) atoms. The van der Waals surface area contributed by atoms with Crippen molar-refractivity contribution in [3.8, 4) is 0 Å². The average Bonchev–Trinajstić information content (AvgIpc) is 2.37. The third-order valence-corrected chi connectivity index (χ3v) is 4.19. The van der Waals surface area contributed by atoms with Gasteiger partial charge in [0.2, 0.25) is 15.9 Å². The van der Waals surface area contributed by atoms with Gasteiger partial charge in [-0.15, -0.1) is 0 Å². The van der Waals surface area contributed by atoms with Gasteiger partial charge in [0.15, 0.2) is 0 Å². The molecular formula is C13H19ClFN3O3S. The van der Waals surface area contributed by atoms with E-state index in [-0.39, 0.29) is 10.7 Å². The molecule has 0 bridgehead atoms. The molecule has 0 radical (unpaired) electrons. The van der Waals surface area contributed by atoms with Crippen LogP contribution in [0.5, 0.6) is 0 Å². The number of nitrogens with zero attached hydrogens (tertiary/aromatic N) is 2. The van der Waals surface area contributed by atoms with Crippen molar-refractivity contribution in [1.82, 2.24) is 10.2 Å². The molecule has 0 saturated heterocycles. The van der Waals surface area contributed by atoms with E-state index in [4.69, 9.17) is 11.6 Å². The maximum Gasteiger partial charge on any atom is 0.240 e. The fourth-order valence-electron chi connectivity index (χ4n) is 1.65. The first kappa shape index (κ1) is 18.7. The Morgan fingerprint density at radius 2 is 2.00 bits per heavy atom. The molecule has 0 spiro atoms. The predicted molar refractivity (Wildman–Crippen MR) is 85.2 cm³/mol. The Hall–Kier alpha value is -1.38. The molecule has 9 heteroatoms. The first-order chi connectivity index (χ1) is 10.1. The molecule has 1 aromatic rings. The molecule has 0 fully saturated rings. The Morgan fingerprint density at radius 3 is 2.50 bits per heavy atom. The number of carbonyl (C=O) groups is 1. The number of carbonyl (C=O) groups excluding carboxylic acids is 1. The van der Waals surface area contributed by atoms with E-state index in [2.05, 4.69) is 5.32 Å². The second-order valence-electron chi connectivity index (χ2n) is 5.02. The van der Waals surface area contributed by atoms with Crippen molar-refractivity contribution >= 4 is 33.2 Å². The quantitative estimate of drug-likeness (QED) is 0.793. The Bertz CT molecular complexity index is 637. The molecule has 1 rings (SSSR count). The number of benzene rings is 1. The van der Waals surface area contributed by atoms with Gasteiger partial charge in [0.1, 0.15) is 12.4 Å². The molecule has 0 saturated carbocycles. The Labute approximate surface area is 134 Å². The van der Waals surface area contributed by atoms with Crippen LogP contribution in [0.1, 0.15) is 0 Å². The highest BCUT2D eigenvalue weighted by Crippen LogP contribution is 2.24. The van der Waals surface area contributed by atoms with Gasteiger partial charge in [-0.3, -0.25) is 9.10 Å². The summed E-state index contributed by atoms with van der Waals surface area (Å²) in [6, 6.07) is 3.49. The highest BCUT2D eigenvalue weighted by molar-refractivity contribution is 7.92. The molecule has 0 aliphatic rings. The number of hydrogen-bond donors (Lipinski definition) is 1. The summed E-state index contributed by atoms with van der Waals surface area (Å²) in [5, 5.41) is 2.41. The maximum atomic E-state index is 13.2. The third-order valence-electron chi connectivity index (χ3n) is 2.76. The summed E-state index contributed by atoms with van der Waals surface area (Å²) >= 11 is 5.66. The molecular weight excluding hydrogens is 333 g/mol. The van der Waals surface area contributed by atoms with Crippen LogP contribution < -0.4 is 9.62 Å². The largest absolute Gasteiger partial charge is 0.353 e. The number of rotatable bonds is 7. The van der Waals surface area contributed by atoms with Crippen molar-refractivity contribution in [2.45, 2.75) is 0 Å². The van der Waals surface area contributed by atoms with Gasteiger partial charge < -0.3 is 10.2 Å². The summed E-state index contributed by atoms with van der Waals surface area (Å²) in [5.41, 5.74) is 0.136. The van der Waals surface area contributed by atoms with E-state index in [1.807, 2.05) is 19.0 Å². The van der Waals surface area contributed by atoms with E-state index < -0.39 is 28.3 Å². The molecule has 0 aromatic heterocycles. The topological polar surface area (TPSA) is 69.7 Å².